The Hall–Kier alpha value is -0.870. The largest absolute Gasteiger partial charge is 0.353 e. The molecule has 0 aromatic carbocycles. The van der Waals surface area contributed by atoms with Crippen LogP contribution in [0.1, 0.15) is 38.6 Å². The summed E-state index contributed by atoms with van der Waals surface area (Å²) in [5.74, 6) is 0.530. The Morgan fingerprint density at radius 1 is 1.35 bits per heavy atom. The van der Waals surface area contributed by atoms with Crippen LogP contribution in [0, 0.1) is 5.92 Å². The van der Waals surface area contributed by atoms with Gasteiger partial charge in [-0.1, -0.05) is 19.9 Å². The first kappa shape index (κ1) is 14.2. The Morgan fingerprint density at radius 3 is 2.53 bits per heavy atom. The molecule has 4 heteroatoms. The van der Waals surface area contributed by atoms with Crippen LogP contribution in [-0.4, -0.2) is 18.5 Å². The Kier molecular flexibility index (Phi) is 5.65. The van der Waals surface area contributed by atoms with Crippen molar-refractivity contribution in [2.24, 2.45) is 5.92 Å². The minimum Gasteiger partial charge on any atom is -0.353 e. The lowest BCUT2D eigenvalue weighted by Crippen LogP contribution is -2.39. The van der Waals surface area contributed by atoms with E-state index in [4.69, 9.17) is 0 Å². The lowest BCUT2D eigenvalue weighted by molar-refractivity contribution is -0.120. The second-order valence-electron chi connectivity index (χ2n) is 4.84. The molecular weight excluding hydrogens is 232 g/mol. The first-order valence-electron chi connectivity index (χ1n) is 6.07. The maximum Gasteiger partial charge on any atom is 0.234 e. The minimum atomic E-state index is 0.0576. The van der Waals surface area contributed by atoms with Crippen molar-refractivity contribution in [1.29, 1.82) is 0 Å². The van der Waals surface area contributed by atoms with Gasteiger partial charge in [0.25, 0.3) is 0 Å². The Balaban J connectivity index is 2.49. The smallest absolute Gasteiger partial charge is 0.234 e. The fourth-order valence-electron chi connectivity index (χ4n) is 1.71. The van der Waals surface area contributed by atoms with Gasteiger partial charge >= 0.3 is 0 Å². The maximum atomic E-state index is 11.6. The molecule has 3 nitrogen and oxygen atoms in total. The molecule has 0 spiro atoms. The van der Waals surface area contributed by atoms with Crippen molar-refractivity contribution in [1.82, 2.24) is 10.6 Å². The van der Waals surface area contributed by atoms with Gasteiger partial charge in [0.1, 0.15) is 0 Å². The number of nitrogens with one attached hydrogen (secondary N) is 2. The van der Waals surface area contributed by atoms with Crippen molar-refractivity contribution in [3.05, 3.63) is 22.4 Å². The molecule has 1 unspecified atom stereocenters. The fraction of sp³-hybridized carbons (Fsp3) is 0.615. The number of hydrogen-bond donors (Lipinski definition) is 2. The van der Waals surface area contributed by atoms with Crippen molar-refractivity contribution in [3.63, 3.8) is 0 Å². The third-order valence-electron chi connectivity index (χ3n) is 2.45. The highest BCUT2D eigenvalue weighted by Crippen LogP contribution is 2.25. The van der Waals surface area contributed by atoms with Crippen LogP contribution >= 0.6 is 11.3 Å². The Labute approximate surface area is 108 Å². The molecule has 0 saturated carbocycles. The van der Waals surface area contributed by atoms with Gasteiger partial charge in [-0.15, -0.1) is 11.3 Å². The molecule has 1 aromatic heterocycles. The number of carbonyl (C=O) groups is 1. The molecule has 0 aliphatic heterocycles. The van der Waals surface area contributed by atoms with E-state index in [1.54, 1.807) is 11.3 Å². The average molecular weight is 254 g/mol. The zero-order chi connectivity index (χ0) is 12.8. The second-order valence-corrected chi connectivity index (χ2v) is 5.82. The van der Waals surface area contributed by atoms with Crippen LogP contribution in [0.4, 0.5) is 0 Å². The summed E-state index contributed by atoms with van der Waals surface area (Å²) in [5, 5.41) is 8.28. The zero-order valence-electron chi connectivity index (χ0n) is 11.0. The van der Waals surface area contributed by atoms with Gasteiger partial charge in [0.05, 0.1) is 6.54 Å². The standard InChI is InChI=1S/C13H22N2OS/c1-9(2)13(11-6-5-7-17-11)14-8-12(16)15-10(3)4/h5-7,9-10,13-14H,8H2,1-4H3,(H,15,16). The van der Waals surface area contributed by atoms with Crippen LogP contribution in [0.15, 0.2) is 17.5 Å². The van der Waals surface area contributed by atoms with Gasteiger partial charge in [-0.25, -0.2) is 0 Å². The molecule has 0 aliphatic carbocycles. The zero-order valence-corrected chi connectivity index (χ0v) is 11.8. The number of amides is 1. The molecule has 0 aliphatic rings. The third kappa shape index (κ3) is 4.88. The molecule has 0 radical (unpaired) electrons. The predicted molar refractivity (Wildman–Crippen MR) is 73.2 cm³/mol. The van der Waals surface area contributed by atoms with Gasteiger partial charge < -0.3 is 10.6 Å². The van der Waals surface area contributed by atoms with Crippen LogP contribution in [0.2, 0.25) is 0 Å². The number of rotatable bonds is 6. The van der Waals surface area contributed by atoms with Crippen molar-refractivity contribution in [2.75, 3.05) is 6.54 Å². The first-order chi connectivity index (χ1) is 8.00. The fourth-order valence-corrected chi connectivity index (χ4v) is 2.68. The monoisotopic (exact) mass is 254 g/mol. The molecular formula is C13H22N2OS. The molecule has 17 heavy (non-hydrogen) atoms. The summed E-state index contributed by atoms with van der Waals surface area (Å²) in [5.41, 5.74) is 0. The maximum absolute atomic E-state index is 11.6. The van der Waals surface area contributed by atoms with Crippen molar-refractivity contribution in [3.8, 4) is 0 Å². The number of hydrogen-bond acceptors (Lipinski definition) is 3. The quantitative estimate of drug-likeness (QED) is 0.819. The summed E-state index contributed by atoms with van der Waals surface area (Å²) in [7, 11) is 0. The van der Waals surface area contributed by atoms with E-state index in [-0.39, 0.29) is 18.0 Å². The van der Waals surface area contributed by atoms with E-state index >= 15 is 0 Å². The van der Waals surface area contributed by atoms with E-state index in [9.17, 15) is 4.79 Å². The van der Waals surface area contributed by atoms with E-state index in [2.05, 4.69) is 35.9 Å². The summed E-state index contributed by atoms with van der Waals surface area (Å²) < 4.78 is 0. The van der Waals surface area contributed by atoms with Crippen LogP contribution in [0.25, 0.3) is 0 Å². The first-order valence-corrected chi connectivity index (χ1v) is 6.94. The molecule has 96 valence electrons. The molecule has 1 aromatic rings. The average Bonchev–Trinajstić information content (AvgIpc) is 2.69. The van der Waals surface area contributed by atoms with Gasteiger partial charge in [-0.2, -0.15) is 0 Å². The third-order valence-corrected chi connectivity index (χ3v) is 3.40. The van der Waals surface area contributed by atoms with Gasteiger partial charge in [-0.3, -0.25) is 4.79 Å². The van der Waals surface area contributed by atoms with E-state index < -0.39 is 0 Å². The van der Waals surface area contributed by atoms with Crippen LogP contribution in [-0.2, 0) is 4.79 Å². The molecule has 2 N–H and O–H groups in total. The predicted octanol–water partition coefficient (Wildman–Crippen LogP) is 2.56. The lowest BCUT2D eigenvalue weighted by Gasteiger charge is -2.21. The molecule has 1 atom stereocenters. The molecule has 1 rings (SSSR count). The van der Waals surface area contributed by atoms with E-state index in [0.29, 0.717) is 12.5 Å². The van der Waals surface area contributed by atoms with Gasteiger partial charge in [0.2, 0.25) is 5.91 Å². The Morgan fingerprint density at radius 2 is 2.06 bits per heavy atom. The topological polar surface area (TPSA) is 41.1 Å². The molecule has 0 fully saturated rings. The number of thiophene rings is 1. The van der Waals surface area contributed by atoms with Gasteiger partial charge in [-0.05, 0) is 31.2 Å². The highest BCUT2D eigenvalue weighted by molar-refractivity contribution is 7.10. The van der Waals surface area contributed by atoms with Crippen LogP contribution in [0.5, 0.6) is 0 Å². The summed E-state index contributed by atoms with van der Waals surface area (Å²) in [6.07, 6.45) is 0. The normalized spacial score (nSPS) is 13.1. The van der Waals surface area contributed by atoms with Crippen LogP contribution < -0.4 is 10.6 Å². The van der Waals surface area contributed by atoms with E-state index in [0.717, 1.165) is 0 Å². The SMILES string of the molecule is CC(C)NC(=O)CNC(c1cccs1)C(C)C. The van der Waals surface area contributed by atoms with Gasteiger partial charge in [0.15, 0.2) is 0 Å². The summed E-state index contributed by atoms with van der Waals surface area (Å²) in [4.78, 5) is 12.9. The molecule has 1 amide bonds. The molecule has 1 heterocycles. The highest BCUT2D eigenvalue weighted by atomic mass is 32.1. The molecule has 0 saturated heterocycles. The van der Waals surface area contributed by atoms with Crippen molar-refractivity contribution in [2.45, 2.75) is 39.8 Å². The van der Waals surface area contributed by atoms with Crippen LogP contribution in [0.3, 0.4) is 0 Å². The molecule has 0 bridgehead atoms. The second kappa shape index (κ2) is 6.77. The minimum absolute atomic E-state index is 0.0576. The Bertz CT molecular complexity index is 333. The van der Waals surface area contributed by atoms with E-state index in [1.807, 2.05) is 19.9 Å². The van der Waals surface area contributed by atoms with Gasteiger partial charge in [0, 0.05) is 17.0 Å². The van der Waals surface area contributed by atoms with Crippen molar-refractivity contribution >= 4 is 17.2 Å². The van der Waals surface area contributed by atoms with E-state index in [1.165, 1.54) is 4.88 Å². The summed E-state index contributed by atoms with van der Waals surface area (Å²) in [6, 6.07) is 4.62. The summed E-state index contributed by atoms with van der Waals surface area (Å²) in [6.45, 7) is 8.64. The summed E-state index contributed by atoms with van der Waals surface area (Å²) >= 11 is 1.73. The number of carbonyl (C=O) groups excluding carboxylic acids is 1. The lowest BCUT2D eigenvalue weighted by atomic mass is 10.0. The van der Waals surface area contributed by atoms with Crippen molar-refractivity contribution < 1.29 is 4.79 Å². The highest BCUT2D eigenvalue weighted by Gasteiger charge is 2.17.